The number of nitrogens with zero attached hydrogens (tertiary/aromatic N) is 3. The van der Waals surface area contributed by atoms with Gasteiger partial charge in [-0.2, -0.15) is 0 Å². The first-order chi connectivity index (χ1) is 21.2. The number of fused-ring (bicyclic) bond motifs is 4. The molecule has 204 valence electrons. The summed E-state index contributed by atoms with van der Waals surface area (Å²) >= 11 is 0. The Morgan fingerprint density at radius 1 is 0.512 bits per heavy atom. The molecule has 0 amide bonds. The second-order valence-corrected chi connectivity index (χ2v) is 10.9. The number of rotatable bonds is 5. The molecule has 0 atom stereocenters. The van der Waals surface area contributed by atoms with Crippen LogP contribution in [0.1, 0.15) is 11.1 Å². The van der Waals surface area contributed by atoms with E-state index in [1.165, 1.54) is 39.4 Å². The molecule has 0 fully saturated rings. The summed E-state index contributed by atoms with van der Waals surface area (Å²) in [7, 11) is 0. The molecule has 43 heavy (non-hydrogen) atoms. The Bertz CT molecular complexity index is 2260. The third-order valence-corrected chi connectivity index (χ3v) is 8.15. The Morgan fingerprint density at radius 3 is 2.14 bits per heavy atom. The van der Waals surface area contributed by atoms with Crippen LogP contribution >= 0.6 is 0 Å². The molecule has 3 nitrogen and oxygen atoms in total. The predicted molar refractivity (Wildman–Crippen MR) is 174 cm³/mol. The Morgan fingerprint density at radius 2 is 1.28 bits per heavy atom. The van der Waals surface area contributed by atoms with Gasteiger partial charge in [-0.1, -0.05) is 84.9 Å². The van der Waals surface area contributed by atoms with E-state index in [4.69, 9.17) is 9.97 Å². The fourth-order valence-electron chi connectivity index (χ4n) is 6.02. The van der Waals surface area contributed by atoms with Crippen molar-refractivity contribution in [3.05, 3.63) is 163 Å². The molecule has 3 aromatic heterocycles. The van der Waals surface area contributed by atoms with Crippen LogP contribution in [0, 0.1) is 5.82 Å². The molecule has 0 radical (unpaired) electrons. The first kappa shape index (κ1) is 25.1. The number of hydrogen-bond acceptors (Lipinski definition) is 2. The van der Waals surface area contributed by atoms with Gasteiger partial charge in [0.2, 0.25) is 0 Å². The highest BCUT2D eigenvalue weighted by molar-refractivity contribution is 6.09. The Labute approximate surface area is 248 Å². The van der Waals surface area contributed by atoms with Crippen molar-refractivity contribution in [1.29, 1.82) is 0 Å². The van der Waals surface area contributed by atoms with Crippen LogP contribution in [0.15, 0.2) is 146 Å². The van der Waals surface area contributed by atoms with Crippen molar-refractivity contribution in [3.63, 3.8) is 0 Å². The van der Waals surface area contributed by atoms with Crippen molar-refractivity contribution in [2.45, 2.75) is 6.42 Å². The third-order valence-electron chi connectivity index (χ3n) is 8.15. The minimum absolute atomic E-state index is 0.244. The van der Waals surface area contributed by atoms with Gasteiger partial charge in [0.1, 0.15) is 11.6 Å². The molecule has 0 aliphatic rings. The molecular weight excluding hydrogens is 529 g/mol. The third kappa shape index (κ3) is 4.63. The van der Waals surface area contributed by atoms with Crippen LogP contribution in [-0.4, -0.2) is 14.5 Å². The number of benzene rings is 5. The summed E-state index contributed by atoms with van der Waals surface area (Å²) in [5, 5.41) is 4.72. The molecule has 0 spiro atoms. The van der Waals surface area contributed by atoms with E-state index in [1.54, 1.807) is 12.1 Å². The fourth-order valence-corrected chi connectivity index (χ4v) is 6.02. The highest BCUT2D eigenvalue weighted by Crippen LogP contribution is 2.33. The molecule has 0 N–H and O–H groups in total. The van der Waals surface area contributed by atoms with Crippen LogP contribution < -0.4 is 0 Å². The van der Waals surface area contributed by atoms with E-state index < -0.39 is 0 Å². The standard InChI is InChI=1S/C39H26FN3/c40-33-16-13-28(14-17-33)32-15-19-39(42-25-32)43-37-11-4-3-10-34(37)35-18-12-27(22-38(35)43)20-26-6-5-9-30(21-26)36-23-29-7-1-2-8-31(29)24-41-36/h1-19,21-25H,20H2. The summed E-state index contributed by atoms with van der Waals surface area (Å²) in [5.41, 5.74) is 8.67. The van der Waals surface area contributed by atoms with Gasteiger partial charge in [0.05, 0.1) is 16.7 Å². The highest BCUT2D eigenvalue weighted by Gasteiger charge is 2.14. The normalized spacial score (nSPS) is 11.5. The van der Waals surface area contributed by atoms with E-state index in [0.717, 1.165) is 51.0 Å². The van der Waals surface area contributed by atoms with Gasteiger partial charge >= 0.3 is 0 Å². The molecule has 8 aromatic rings. The van der Waals surface area contributed by atoms with Crippen molar-refractivity contribution in [2.75, 3.05) is 0 Å². The van der Waals surface area contributed by atoms with Crippen molar-refractivity contribution < 1.29 is 4.39 Å². The number of hydrogen-bond donors (Lipinski definition) is 0. The molecule has 4 heteroatoms. The summed E-state index contributed by atoms with van der Waals surface area (Å²) in [6.45, 7) is 0. The van der Waals surface area contributed by atoms with Gasteiger partial charge in [0, 0.05) is 39.7 Å². The molecule has 0 unspecified atom stereocenters. The van der Waals surface area contributed by atoms with Gasteiger partial charge in [0.15, 0.2) is 0 Å². The topological polar surface area (TPSA) is 30.7 Å². The van der Waals surface area contributed by atoms with Gasteiger partial charge in [-0.05, 0) is 77.0 Å². The summed E-state index contributed by atoms with van der Waals surface area (Å²) in [4.78, 5) is 9.60. The van der Waals surface area contributed by atoms with Crippen LogP contribution in [0.3, 0.4) is 0 Å². The Balaban J connectivity index is 1.17. The van der Waals surface area contributed by atoms with Crippen molar-refractivity contribution in [2.24, 2.45) is 0 Å². The predicted octanol–water partition coefficient (Wildman–Crippen LogP) is 9.79. The van der Waals surface area contributed by atoms with Gasteiger partial charge in [0.25, 0.3) is 0 Å². The summed E-state index contributed by atoms with van der Waals surface area (Å²) in [5.74, 6) is 0.602. The zero-order valence-corrected chi connectivity index (χ0v) is 23.3. The molecule has 5 aromatic carbocycles. The van der Waals surface area contributed by atoms with E-state index in [1.807, 2.05) is 30.6 Å². The summed E-state index contributed by atoms with van der Waals surface area (Å²) < 4.78 is 15.7. The molecular formula is C39H26FN3. The maximum absolute atomic E-state index is 13.4. The van der Waals surface area contributed by atoms with Gasteiger partial charge < -0.3 is 0 Å². The van der Waals surface area contributed by atoms with Crippen molar-refractivity contribution in [3.8, 4) is 28.2 Å². The second-order valence-electron chi connectivity index (χ2n) is 10.9. The van der Waals surface area contributed by atoms with E-state index >= 15 is 0 Å². The van der Waals surface area contributed by atoms with E-state index in [0.29, 0.717) is 0 Å². The molecule has 0 aliphatic carbocycles. The summed E-state index contributed by atoms with van der Waals surface area (Å²) in [6, 6.07) is 45.0. The maximum atomic E-state index is 13.4. The number of pyridine rings is 2. The van der Waals surface area contributed by atoms with Crippen LogP contribution in [0.4, 0.5) is 4.39 Å². The van der Waals surface area contributed by atoms with Crippen LogP contribution in [-0.2, 0) is 6.42 Å². The SMILES string of the molecule is Fc1ccc(-c2ccc(-n3c4ccccc4c4ccc(Cc5cccc(-c6cc7ccccc7cn6)c5)cc43)nc2)cc1. The van der Waals surface area contributed by atoms with E-state index in [9.17, 15) is 4.39 Å². The first-order valence-electron chi connectivity index (χ1n) is 14.4. The lowest BCUT2D eigenvalue weighted by atomic mass is 9.99. The average molecular weight is 556 g/mol. The molecule has 0 saturated carbocycles. The minimum Gasteiger partial charge on any atom is -0.294 e. The van der Waals surface area contributed by atoms with Crippen molar-refractivity contribution in [1.82, 2.24) is 14.5 Å². The van der Waals surface area contributed by atoms with Gasteiger partial charge in [-0.3, -0.25) is 9.55 Å². The highest BCUT2D eigenvalue weighted by atomic mass is 19.1. The number of halogens is 1. The lowest BCUT2D eigenvalue weighted by Crippen LogP contribution is -1.98. The number of para-hydroxylation sites is 1. The lowest BCUT2D eigenvalue weighted by Gasteiger charge is -2.10. The lowest BCUT2D eigenvalue weighted by molar-refractivity contribution is 0.628. The van der Waals surface area contributed by atoms with Crippen LogP contribution in [0.5, 0.6) is 0 Å². The summed E-state index contributed by atoms with van der Waals surface area (Å²) in [6.07, 6.45) is 4.61. The van der Waals surface area contributed by atoms with Crippen molar-refractivity contribution >= 4 is 32.6 Å². The maximum Gasteiger partial charge on any atom is 0.137 e. The average Bonchev–Trinajstić information content (AvgIpc) is 3.39. The van der Waals surface area contributed by atoms with Crippen LogP contribution in [0.2, 0.25) is 0 Å². The van der Waals surface area contributed by atoms with Crippen LogP contribution in [0.25, 0.3) is 60.8 Å². The first-order valence-corrected chi connectivity index (χ1v) is 14.4. The minimum atomic E-state index is -0.244. The smallest absolute Gasteiger partial charge is 0.137 e. The number of aromatic nitrogens is 3. The van der Waals surface area contributed by atoms with E-state index in [2.05, 4.69) is 95.6 Å². The fraction of sp³-hybridized carbons (Fsp3) is 0.0256. The zero-order chi connectivity index (χ0) is 28.8. The monoisotopic (exact) mass is 555 g/mol. The Hall–Kier alpha value is -5.61. The molecule has 8 rings (SSSR count). The van der Waals surface area contributed by atoms with E-state index in [-0.39, 0.29) is 5.82 Å². The second kappa shape index (κ2) is 10.3. The largest absolute Gasteiger partial charge is 0.294 e. The molecule has 3 heterocycles. The van der Waals surface area contributed by atoms with Gasteiger partial charge in [-0.25, -0.2) is 9.37 Å². The Kier molecular flexibility index (Phi) is 6.04. The zero-order valence-electron chi connectivity index (χ0n) is 23.3. The molecule has 0 bridgehead atoms. The molecule has 0 saturated heterocycles. The van der Waals surface area contributed by atoms with Gasteiger partial charge in [-0.15, -0.1) is 0 Å². The molecule has 0 aliphatic heterocycles. The quantitative estimate of drug-likeness (QED) is 0.212.